The summed E-state index contributed by atoms with van der Waals surface area (Å²) < 4.78 is 47.4. The van der Waals surface area contributed by atoms with Crippen LogP contribution in [0.4, 0.5) is 16.2 Å². The number of para-hydroxylation sites is 1. The van der Waals surface area contributed by atoms with E-state index in [0.29, 0.717) is 5.82 Å². The third kappa shape index (κ3) is 5.51. The summed E-state index contributed by atoms with van der Waals surface area (Å²) >= 11 is 0. The number of benzene rings is 1. The van der Waals surface area contributed by atoms with Crippen molar-refractivity contribution >= 4 is 36.6 Å². The van der Waals surface area contributed by atoms with Crippen LogP contribution in [0.15, 0.2) is 36.7 Å². The Hall–Kier alpha value is -3.80. The van der Waals surface area contributed by atoms with E-state index < -0.39 is 50.5 Å². The largest absolute Gasteiger partial charge is 0.480 e. The fraction of sp³-hybridized carbons (Fsp3) is 0.391. The van der Waals surface area contributed by atoms with Crippen LogP contribution in [-0.2, 0) is 18.6 Å². The number of alkyl halides is 1. The highest BCUT2D eigenvalue weighted by Crippen LogP contribution is 2.48. The minimum atomic E-state index is -4.38. The predicted octanol–water partition coefficient (Wildman–Crippen LogP) is 1.34. The van der Waals surface area contributed by atoms with E-state index in [-0.39, 0.29) is 22.9 Å². The van der Waals surface area contributed by atoms with Crippen LogP contribution in [0.25, 0.3) is 11.2 Å². The van der Waals surface area contributed by atoms with Gasteiger partial charge in [-0.15, -0.1) is 6.42 Å². The zero-order valence-corrected chi connectivity index (χ0v) is 22.0. The standard InChI is InChI=1S/C23H27FN7O7P/c1-5-23(24)17(32)15(11-36-39(35,29-13(2)20(33)34)38-14-9-7-6-8-10-14)37-21(23)31-12-26-16-18(30(3)4)27-22(25)28-19(16)31/h1,6-10,12-13,15,17,21,32H,11H2,2-4H3,(H,29,35)(H,33,34)(H2,25,27,28)/t13?,15-,17-,21-,23-,39?/m1/s1. The number of aromatic nitrogens is 4. The van der Waals surface area contributed by atoms with Crippen molar-refractivity contribution in [1.82, 2.24) is 24.6 Å². The molecule has 1 aromatic carbocycles. The van der Waals surface area contributed by atoms with Crippen LogP contribution < -0.4 is 20.2 Å². The van der Waals surface area contributed by atoms with Gasteiger partial charge in [0.2, 0.25) is 11.6 Å². The van der Waals surface area contributed by atoms with Gasteiger partial charge in [-0.25, -0.2) is 13.9 Å². The number of nitrogens with zero attached hydrogens (tertiary/aromatic N) is 5. The molecule has 16 heteroatoms. The topological polar surface area (TPSA) is 187 Å². The van der Waals surface area contributed by atoms with E-state index in [2.05, 4.69) is 20.0 Å². The second kappa shape index (κ2) is 10.8. The van der Waals surface area contributed by atoms with E-state index in [4.69, 9.17) is 25.9 Å². The van der Waals surface area contributed by atoms with Crippen molar-refractivity contribution in [2.45, 2.75) is 37.1 Å². The average molecular weight is 563 g/mol. The summed E-state index contributed by atoms with van der Waals surface area (Å²) in [5.74, 6) is 0.961. The summed E-state index contributed by atoms with van der Waals surface area (Å²) in [7, 11) is -0.966. The third-order valence-corrected chi connectivity index (χ3v) is 7.51. The number of nitrogen functional groups attached to an aromatic ring is 1. The first-order chi connectivity index (χ1) is 18.4. The third-order valence-electron chi connectivity index (χ3n) is 5.86. The van der Waals surface area contributed by atoms with Gasteiger partial charge < -0.3 is 30.1 Å². The van der Waals surface area contributed by atoms with Crippen LogP contribution in [0.1, 0.15) is 13.2 Å². The van der Waals surface area contributed by atoms with E-state index >= 15 is 4.39 Å². The number of carbonyl (C=O) groups is 1. The number of ether oxygens (including phenoxy) is 1. The van der Waals surface area contributed by atoms with Crippen molar-refractivity contribution in [2.24, 2.45) is 0 Å². The molecule has 0 saturated carbocycles. The molecule has 2 aromatic heterocycles. The van der Waals surface area contributed by atoms with E-state index in [1.807, 2.05) is 5.92 Å². The Morgan fingerprint density at radius 1 is 1.41 bits per heavy atom. The number of rotatable bonds is 10. The summed E-state index contributed by atoms with van der Waals surface area (Å²) in [6, 6.07) is 6.50. The lowest BCUT2D eigenvalue weighted by molar-refractivity contribution is -0.138. The molecule has 1 fully saturated rings. The summed E-state index contributed by atoms with van der Waals surface area (Å²) in [6.45, 7) is 0.537. The van der Waals surface area contributed by atoms with Gasteiger partial charge in [0.25, 0.3) is 0 Å². The SMILES string of the molecule is C#C[C@@]1(F)[C@H](O)[C@@H](COP(=O)(NC(C)C(=O)O)Oc2ccccc2)O[C@H]1n1cnc2c(N(C)C)nc(N)nc21. The second-order valence-electron chi connectivity index (χ2n) is 8.89. The number of nitrogens with two attached hydrogens (primary N) is 1. The maximum atomic E-state index is 16.1. The zero-order valence-electron chi connectivity index (χ0n) is 21.1. The number of carboxylic acids is 1. The number of anilines is 2. The van der Waals surface area contributed by atoms with Crippen molar-refractivity contribution in [3.8, 4) is 18.1 Å². The highest BCUT2D eigenvalue weighted by molar-refractivity contribution is 7.52. The maximum Gasteiger partial charge on any atom is 0.459 e. The highest BCUT2D eigenvalue weighted by atomic mass is 31.2. The summed E-state index contributed by atoms with van der Waals surface area (Å²) in [5, 5.41) is 22.4. The molecule has 0 bridgehead atoms. The number of aliphatic carboxylic acids is 1. The number of nitrogens with one attached hydrogen (secondary N) is 1. The molecule has 1 saturated heterocycles. The molecule has 0 radical (unpaired) electrons. The first-order valence-corrected chi connectivity index (χ1v) is 13.1. The van der Waals surface area contributed by atoms with Gasteiger partial charge >= 0.3 is 13.7 Å². The number of hydrogen-bond donors (Lipinski definition) is 4. The molecule has 0 spiro atoms. The minimum Gasteiger partial charge on any atom is -0.480 e. The van der Waals surface area contributed by atoms with Gasteiger partial charge in [0.15, 0.2) is 23.2 Å². The lowest BCUT2D eigenvalue weighted by Gasteiger charge is -2.24. The van der Waals surface area contributed by atoms with Gasteiger partial charge in [0.1, 0.15) is 24.0 Å². The number of halogens is 1. The molecule has 6 atom stereocenters. The van der Waals surface area contributed by atoms with Crippen molar-refractivity contribution in [2.75, 3.05) is 31.3 Å². The highest BCUT2D eigenvalue weighted by Gasteiger charge is 2.58. The van der Waals surface area contributed by atoms with Crippen LogP contribution in [-0.4, -0.2) is 80.3 Å². The van der Waals surface area contributed by atoms with Crippen LogP contribution in [0, 0.1) is 12.3 Å². The lowest BCUT2D eigenvalue weighted by atomic mass is 9.97. The first kappa shape index (κ1) is 28.2. The lowest BCUT2D eigenvalue weighted by Crippen LogP contribution is -2.42. The number of terminal acetylenes is 1. The van der Waals surface area contributed by atoms with Gasteiger partial charge in [0.05, 0.1) is 12.9 Å². The quantitative estimate of drug-likeness (QED) is 0.205. The van der Waals surface area contributed by atoms with Gasteiger partial charge in [-0.2, -0.15) is 15.1 Å². The molecule has 1 aliphatic rings. The van der Waals surface area contributed by atoms with Crippen molar-refractivity contribution in [3.05, 3.63) is 36.7 Å². The summed E-state index contributed by atoms with van der Waals surface area (Å²) in [4.78, 5) is 25.5. The zero-order chi connectivity index (χ0) is 28.5. The fourth-order valence-electron chi connectivity index (χ4n) is 3.89. The molecule has 1 aliphatic heterocycles. The Balaban J connectivity index is 1.63. The number of fused-ring (bicyclic) bond motifs is 1. The molecule has 39 heavy (non-hydrogen) atoms. The van der Waals surface area contributed by atoms with E-state index in [0.717, 1.165) is 0 Å². The Morgan fingerprint density at radius 3 is 2.72 bits per heavy atom. The number of carboxylic acid groups (broad SMARTS) is 1. The molecule has 2 unspecified atom stereocenters. The molecule has 0 aliphatic carbocycles. The molecular weight excluding hydrogens is 536 g/mol. The molecule has 0 amide bonds. The molecule has 14 nitrogen and oxygen atoms in total. The first-order valence-electron chi connectivity index (χ1n) is 11.6. The van der Waals surface area contributed by atoms with E-state index in [9.17, 15) is 19.6 Å². The van der Waals surface area contributed by atoms with Gasteiger partial charge in [-0.05, 0) is 19.1 Å². The molecule has 3 aromatic rings. The van der Waals surface area contributed by atoms with Crippen LogP contribution in [0.2, 0.25) is 0 Å². The van der Waals surface area contributed by atoms with Crippen LogP contribution in [0.5, 0.6) is 5.75 Å². The number of imidazole rings is 1. The van der Waals surface area contributed by atoms with Gasteiger partial charge in [0, 0.05) is 14.1 Å². The Bertz CT molecular complexity index is 1450. The second-order valence-corrected chi connectivity index (χ2v) is 10.6. The molecule has 4 rings (SSSR count). The summed E-state index contributed by atoms with van der Waals surface area (Å²) in [5.41, 5.74) is 3.41. The Morgan fingerprint density at radius 2 is 2.10 bits per heavy atom. The predicted molar refractivity (Wildman–Crippen MR) is 138 cm³/mol. The molecule has 3 heterocycles. The number of hydrogen-bond acceptors (Lipinski definition) is 11. The van der Waals surface area contributed by atoms with E-state index in [1.165, 1.54) is 30.0 Å². The fourth-order valence-corrected chi connectivity index (χ4v) is 5.39. The normalized spacial score (nSPS) is 25.1. The maximum absolute atomic E-state index is 16.1. The van der Waals surface area contributed by atoms with Crippen LogP contribution in [0.3, 0.4) is 0 Å². The molecular formula is C23H27FN7O7P. The van der Waals surface area contributed by atoms with Gasteiger partial charge in [-0.1, -0.05) is 24.1 Å². The van der Waals surface area contributed by atoms with E-state index in [1.54, 1.807) is 37.2 Å². The van der Waals surface area contributed by atoms with Crippen molar-refractivity contribution < 1.29 is 37.7 Å². The Labute approximate surface area is 222 Å². The molecule has 208 valence electrons. The smallest absolute Gasteiger partial charge is 0.459 e. The monoisotopic (exact) mass is 563 g/mol. The minimum absolute atomic E-state index is 0.0947. The van der Waals surface area contributed by atoms with Crippen molar-refractivity contribution in [3.63, 3.8) is 0 Å². The van der Waals surface area contributed by atoms with Gasteiger partial charge in [-0.3, -0.25) is 13.9 Å². The molecule has 5 N–H and O–H groups in total. The van der Waals surface area contributed by atoms with Crippen LogP contribution >= 0.6 is 7.75 Å². The summed E-state index contributed by atoms with van der Waals surface area (Å²) in [6.07, 6.45) is 1.65. The number of aliphatic hydroxyl groups excluding tert-OH is 1. The van der Waals surface area contributed by atoms with Crippen molar-refractivity contribution in [1.29, 1.82) is 0 Å². The number of aliphatic hydroxyl groups is 1. The Kier molecular flexibility index (Phi) is 7.78. The average Bonchev–Trinajstić information content (AvgIpc) is 3.41.